The second-order valence-electron chi connectivity index (χ2n) is 7.03. The number of hydrogen-bond acceptors (Lipinski definition) is 4. The van der Waals surface area contributed by atoms with Gasteiger partial charge in [-0.2, -0.15) is 0 Å². The van der Waals surface area contributed by atoms with E-state index in [4.69, 9.17) is 4.74 Å². The van der Waals surface area contributed by atoms with Crippen LogP contribution in [0.5, 0.6) is 0 Å². The van der Waals surface area contributed by atoms with E-state index in [0.29, 0.717) is 12.8 Å². The van der Waals surface area contributed by atoms with Gasteiger partial charge in [-0.05, 0) is 36.8 Å². The third-order valence-electron chi connectivity index (χ3n) is 5.22. The predicted octanol–water partition coefficient (Wildman–Crippen LogP) is 2.56. The van der Waals surface area contributed by atoms with Crippen molar-refractivity contribution in [1.82, 2.24) is 0 Å². The van der Waals surface area contributed by atoms with E-state index in [1.807, 2.05) is 12.2 Å². The second kappa shape index (κ2) is 5.09. The highest BCUT2D eigenvalue weighted by molar-refractivity contribution is 5.94. The maximum atomic E-state index is 11.9. The fourth-order valence-electron chi connectivity index (χ4n) is 3.32. The fourth-order valence-corrected chi connectivity index (χ4v) is 3.32. The standard InChI is InChI=1S/C17H24O4/c1-12(18)21-11-13-9-14(19)10-17(13,4)15(2)5-7-16(3,20)8-6-15/h5,7,9,20H,6,8,10-11H2,1-4H3. The van der Waals surface area contributed by atoms with E-state index in [1.54, 1.807) is 13.0 Å². The molecule has 3 atom stereocenters. The summed E-state index contributed by atoms with van der Waals surface area (Å²) in [4.78, 5) is 23.0. The lowest BCUT2D eigenvalue weighted by atomic mass is 9.57. The van der Waals surface area contributed by atoms with Gasteiger partial charge < -0.3 is 9.84 Å². The number of hydrogen-bond donors (Lipinski definition) is 1. The van der Waals surface area contributed by atoms with Gasteiger partial charge in [-0.1, -0.05) is 26.0 Å². The first-order chi connectivity index (χ1) is 9.58. The minimum absolute atomic E-state index is 0.0756. The van der Waals surface area contributed by atoms with Gasteiger partial charge in [-0.25, -0.2) is 0 Å². The maximum absolute atomic E-state index is 11.9. The molecule has 2 rings (SSSR count). The number of ether oxygens (including phenoxy) is 1. The van der Waals surface area contributed by atoms with Crippen molar-refractivity contribution in [2.45, 2.75) is 52.6 Å². The van der Waals surface area contributed by atoms with Crippen LogP contribution in [0.1, 0.15) is 47.0 Å². The van der Waals surface area contributed by atoms with E-state index in [9.17, 15) is 14.7 Å². The molecule has 0 aromatic carbocycles. The second-order valence-corrected chi connectivity index (χ2v) is 7.03. The summed E-state index contributed by atoms with van der Waals surface area (Å²) in [6, 6.07) is 0. The van der Waals surface area contributed by atoms with Gasteiger partial charge in [0, 0.05) is 18.8 Å². The van der Waals surface area contributed by atoms with Crippen molar-refractivity contribution in [3.63, 3.8) is 0 Å². The molecule has 0 aromatic rings. The topological polar surface area (TPSA) is 63.6 Å². The lowest BCUT2D eigenvalue weighted by Crippen LogP contribution is -2.42. The Morgan fingerprint density at radius 1 is 1.29 bits per heavy atom. The van der Waals surface area contributed by atoms with Crippen LogP contribution in [0.15, 0.2) is 23.8 Å². The molecule has 0 saturated heterocycles. The Hall–Kier alpha value is -1.42. The summed E-state index contributed by atoms with van der Waals surface area (Å²) in [6.45, 7) is 7.49. The van der Waals surface area contributed by atoms with Crippen molar-refractivity contribution in [3.8, 4) is 0 Å². The molecule has 0 amide bonds. The first-order valence-electron chi connectivity index (χ1n) is 7.38. The number of carbonyl (C=O) groups is 2. The molecule has 4 nitrogen and oxygen atoms in total. The van der Waals surface area contributed by atoms with Gasteiger partial charge in [0.05, 0.1) is 5.60 Å². The lowest BCUT2D eigenvalue weighted by molar-refractivity contribution is -0.140. The molecule has 0 radical (unpaired) electrons. The third-order valence-corrected chi connectivity index (χ3v) is 5.22. The Balaban J connectivity index is 2.30. The number of allylic oxidation sites excluding steroid dienone is 2. The SMILES string of the molecule is CC(=O)OCC1=CC(=O)CC1(C)C1(C)C=CC(C)(O)CC1. The Kier molecular flexibility index (Phi) is 3.87. The highest BCUT2D eigenvalue weighted by Gasteiger charge is 2.51. The molecule has 0 fully saturated rings. The van der Waals surface area contributed by atoms with Crippen LogP contribution in [-0.2, 0) is 14.3 Å². The highest BCUT2D eigenvalue weighted by Crippen LogP contribution is 2.56. The average molecular weight is 292 g/mol. The number of carbonyl (C=O) groups excluding carboxylic acids is 2. The van der Waals surface area contributed by atoms with E-state index >= 15 is 0 Å². The van der Waals surface area contributed by atoms with Gasteiger partial charge >= 0.3 is 5.97 Å². The van der Waals surface area contributed by atoms with Crippen LogP contribution in [0.4, 0.5) is 0 Å². The quantitative estimate of drug-likeness (QED) is 0.641. The summed E-state index contributed by atoms with van der Waals surface area (Å²) in [7, 11) is 0. The fraction of sp³-hybridized carbons (Fsp3) is 0.647. The Morgan fingerprint density at radius 2 is 1.95 bits per heavy atom. The van der Waals surface area contributed by atoms with Crippen LogP contribution in [0.2, 0.25) is 0 Å². The summed E-state index contributed by atoms with van der Waals surface area (Å²) < 4.78 is 5.11. The van der Waals surface area contributed by atoms with Crippen LogP contribution in [-0.4, -0.2) is 29.1 Å². The van der Waals surface area contributed by atoms with E-state index < -0.39 is 5.60 Å². The van der Waals surface area contributed by atoms with Gasteiger partial charge in [-0.15, -0.1) is 0 Å². The third kappa shape index (κ3) is 2.95. The number of rotatable bonds is 3. The number of esters is 1. The molecule has 116 valence electrons. The smallest absolute Gasteiger partial charge is 0.302 e. The largest absolute Gasteiger partial charge is 0.461 e. The molecule has 4 heteroatoms. The van der Waals surface area contributed by atoms with Gasteiger partial charge in [-0.3, -0.25) is 9.59 Å². The predicted molar refractivity (Wildman–Crippen MR) is 79.6 cm³/mol. The van der Waals surface area contributed by atoms with Crippen LogP contribution in [0, 0.1) is 10.8 Å². The molecular weight excluding hydrogens is 268 g/mol. The van der Waals surface area contributed by atoms with Gasteiger partial charge in [0.25, 0.3) is 0 Å². The van der Waals surface area contributed by atoms with Gasteiger partial charge in [0.1, 0.15) is 6.61 Å². The molecule has 0 spiro atoms. The van der Waals surface area contributed by atoms with E-state index in [-0.39, 0.29) is 29.2 Å². The molecule has 0 aliphatic heterocycles. The minimum Gasteiger partial charge on any atom is -0.461 e. The highest BCUT2D eigenvalue weighted by atomic mass is 16.5. The monoisotopic (exact) mass is 292 g/mol. The Morgan fingerprint density at radius 3 is 2.48 bits per heavy atom. The zero-order valence-corrected chi connectivity index (χ0v) is 13.2. The minimum atomic E-state index is -0.780. The van der Waals surface area contributed by atoms with Crippen LogP contribution < -0.4 is 0 Å². The van der Waals surface area contributed by atoms with Crippen molar-refractivity contribution >= 4 is 11.8 Å². The molecular formula is C17H24O4. The van der Waals surface area contributed by atoms with Crippen LogP contribution in [0.25, 0.3) is 0 Å². The molecule has 2 aliphatic rings. The van der Waals surface area contributed by atoms with E-state index in [1.165, 1.54) is 6.92 Å². The van der Waals surface area contributed by atoms with Crippen molar-refractivity contribution in [1.29, 1.82) is 0 Å². The van der Waals surface area contributed by atoms with Gasteiger partial charge in [0.15, 0.2) is 5.78 Å². The first kappa shape index (κ1) is 16.0. The lowest BCUT2D eigenvalue weighted by Gasteiger charge is -2.47. The molecule has 0 bridgehead atoms. The average Bonchev–Trinajstić information content (AvgIpc) is 2.67. The van der Waals surface area contributed by atoms with Crippen molar-refractivity contribution in [2.24, 2.45) is 10.8 Å². The molecule has 21 heavy (non-hydrogen) atoms. The van der Waals surface area contributed by atoms with Crippen molar-refractivity contribution in [3.05, 3.63) is 23.8 Å². The normalized spacial score (nSPS) is 39.3. The van der Waals surface area contributed by atoms with Gasteiger partial charge in [0.2, 0.25) is 0 Å². The van der Waals surface area contributed by atoms with Crippen molar-refractivity contribution < 1.29 is 19.4 Å². The molecule has 3 unspecified atom stereocenters. The van der Waals surface area contributed by atoms with E-state index in [2.05, 4.69) is 13.8 Å². The molecule has 0 saturated carbocycles. The zero-order valence-electron chi connectivity index (χ0n) is 13.2. The molecule has 0 heterocycles. The maximum Gasteiger partial charge on any atom is 0.302 e. The summed E-state index contributed by atoms with van der Waals surface area (Å²) in [5.41, 5.74) is -0.505. The first-order valence-corrected chi connectivity index (χ1v) is 7.38. The number of aliphatic hydroxyl groups is 1. The summed E-state index contributed by atoms with van der Waals surface area (Å²) in [5, 5.41) is 10.1. The molecule has 2 aliphatic carbocycles. The number of ketones is 1. The molecule has 0 aromatic heterocycles. The summed E-state index contributed by atoms with van der Waals surface area (Å²) in [6.07, 6.45) is 7.34. The van der Waals surface area contributed by atoms with Crippen molar-refractivity contribution in [2.75, 3.05) is 6.61 Å². The molecule has 1 N–H and O–H groups in total. The van der Waals surface area contributed by atoms with Crippen LogP contribution in [0.3, 0.4) is 0 Å². The van der Waals surface area contributed by atoms with E-state index in [0.717, 1.165) is 12.0 Å². The summed E-state index contributed by atoms with van der Waals surface area (Å²) >= 11 is 0. The Labute approximate surface area is 125 Å². The Bertz CT molecular complexity index is 529. The van der Waals surface area contributed by atoms with Crippen LogP contribution >= 0.6 is 0 Å². The summed E-state index contributed by atoms with van der Waals surface area (Å²) in [5.74, 6) is -0.267. The zero-order chi connectivity index (χ0) is 15.9.